The maximum absolute atomic E-state index is 8.10. The van der Waals surface area contributed by atoms with Crippen molar-refractivity contribution in [2.24, 2.45) is 5.73 Å². The average Bonchev–Trinajstić information content (AvgIpc) is 1.61. The van der Waals surface area contributed by atoms with E-state index in [0.29, 0.717) is 6.42 Å². The highest BCUT2D eigenvalue weighted by Crippen LogP contribution is 1.83. The topological polar surface area (TPSA) is 46.2 Å². The Balaban J connectivity index is 2.34. The molecule has 0 rings (SSSR count). The van der Waals surface area contributed by atoms with Crippen LogP contribution < -0.4 is 5.73 Å². The lowest BCUT2D eigenvalue weighted by Crippen LogP contribution is -1.91. The molecule has 3 N–H and O–H groups in total. The van der Waals surface area contributed by atoms with E-state index < -0.39 is 0 Å². The molecule has 0 amide bonds. The molecule has 6 heavy (non-hydrogen) atoms. The molecule has 0 saturated carbocycles. The van der Waals surface area contributed by atoms with E-state index in [-0.39, 0.29) is 6.61 Å². The molecule has 0 aliphatic heterocycles. The van der Waals surface area contributed by atoms with Crippen LogP contribution in [-0.2, 0) is 0 Å². The molecule has 2 heteroatoms. The molecule has 0 aromatic rings. The zero-order valence-corrected chi connectivity index (χ0v) is 3.65. The lowest BCUT2D eigenvalue weighted by Gasteiger charge is -1.85. The molecule has 2 nitrogen and oxygen atoms in total. The third kappa shape index (κ3) is 3.92. The van der Waals surface area contributed by atoms with Gasteiger partial charge in [-0.2, -0.15) is 0 Å². The van der Waals surface area contributed by atoms with Crippen LogP contribution in [0, 0.1) is 6.54 Å². The van der Waals surface area contributed by atoms with Gasteiger partial charge < -0.3 is 10.8 Å². The second kappa shape index (κ2) is 4.92. The minimum atomic E-state index is 0.212. The predicted molar refractivity (Wildman–Crippen MR) is 23.8 cm³/mol. The van der Waals surface area contributed by atoms with Gasteiger partial charge in [-0.25, -0.2) is 0 Å². The highest BCUT2D eigenvalue weighted by atomic mass is 16.2. The van der Waals surface area contributed by atoms with Crippen molar-refractivity contribution >= 4 is 0 Å². The fraction of sp³-hybridized carbons (Fsp3) is 0.750. The van der Waals surface area contributed by atoms with Gasteiger partial charge >= 0.3 is 0 Å². The molecule has 0 aliphatic carbocycles. The number of hydrogen-bond acceptors (Lipinski definition) is 2. The summed E-state index contributed by atoms with van der Waals surface area (Å²) in [6.07, 6.45) is 1.42. The number of nitrogens with two attached hydrogens (primary N) is 1. The summed E-state index contributed by atoms with van der Waals surface area (Å²) in [7, 11) is 0. The van der Waals surface area contributed by atoms with Crippen LogP contribution >= 0.6 is 0 Å². The SMILES string of the molecule is N[C]CCCO. The maximum atomic E-state index is 8.10. The molecule has 0 heterocycles. The van der Waals surface area contributed by atoms with Crippen LogP contribution in [0.1, 0.15) is 12.8 Å². The van der Waals surface area contributed by atoms with Gasteiger partial charge in [-0.05, 0) is 12.8 Å². The first-order chi connectivity index (χ1) is 2.91. The Labute approximate surface area is 38.0 Å². The second-order valence-corrected chi connectivity index (χ2v) is 1.03. The normalized spacial score (nSPS) is 9.00. The van der Waals surface area contributed by atoms with Crippen molar-refractivity contribution in [2.45, 2.75) is 12.8 Å². The van der Waals surface area contributed by atoms with Gasteiger partial charge in [0.25, 0.3) is 0 Å². The molecule has 0 aromatic heterocycles. The van der Waals surface area contributed by atoms with Gasteiger partial charge in [0.05, 0.1) is 6.54 Å². The van der Waals surface area contributed by atoms with E-state index in [4.69, 9.17) is 10.8 Å². The fourth-order valence-corrected chi connectivity index (χ4v) is 0.181. The number of hydrogen-bond donors (Lipinski definition) is 2. The minimum Gasteiger partial charge on any atom is -0.396 e. The first kappa shape index (κ1) is 5.92. The number of aliphatic hydroxyl groups is 1. The highest BCUT2D eigenvalue weighted by Gasteiger charge is 1.77. The summed E-state index contributed by atoms with van der Waals surface area (Å²) in [5, 5.41) is 8.10. The minimum absolute atomic E-state index is 0.212. The third-order valence-corrected chi connectivity index (χ3v) is 0.479. The zero-order chi connectivity index (χ0) is 4.83. The molecule has 0 aliphatic rings. The van der Waals surface area contributed by atoms with Crippen LogP contribution in [0.2, 0.25) is 0 Å². The molecule has 2 radical (unpaired) electrons. The molecule has 36 valence electrons. The summed E-state index contributed by atoms with van der Waals surface area (Å²) < 4.78 is 0. The summed E-state index contributed by atoms with van der Waals surface area (Å²) in [6.45, 7) is 2.62. The maximum Gasteiger partial charge on any atom is 0.0557 e. The van der Waals surface area contributed by atoms with E-state index in [1.54, 1.807) is 0 Å². The van der Waals surface area contributed by atoms with Gasteiger partial charge in [0.2, 0.25) is 0 Å². The average molecular weight is 87.1 g/mol. The summed E-state index contributed by atoms with van der Waals surface area (Å²) >= 11 is 0. The molecule has 0 aromatic carbocycles. The number of unbranched alkanes of at least 4 members (excludes halogenated alkanes) is 1. The summed E-state index contributed by atoms with van der Waals surface area (Å²) in [4.78, 5) is 0. The van der Waals surface area contributed by atoms with Crippen LogP contribution in [0.4, 0.5) is 0 Å². The van der Waals surface area contributed by atoms with Gasteiger partial charge in [0, 0.05) is 6.61 Å². The van der Waals surface area contributed by atoms with Crippen LogP contribution in [0.15, 0.2) is 0 Å². The van der Waals surface area contributed by atoms with E-state index in [1.165, 1.54) is 0 Å². The van der Waals surface area contributed by atoms with Gasteiger partial charge in [0.1, 0.15) is 0 Å². The Morgan fingerprint density at radius 3 is 2.50 bits per heavy atom. The van der Waals surface area contributed by atoms with Gasteiger partial charge in [0.15, 0.2) is 0 Å². The van der Waals surface area contributed by atoms with E-state index in [0.717, 1.165) is 6.42 Å². The molecular weight excluding hydrogens is 78.0 g/mol. The van der Waals surface area contributed by atoms with Gasteiger partial charge in [-0.15, -0.1) is 0 Å². The summed E-state index contributed by atoms with van der Waals surface area (Å²) in [5.74, 6) is 0. The van der Waals surface area contributed by atoms with Crippen molar-refractivity contribution in [3.05, 3.63) is 6.54 Å². The number of rotatable bonds is 3. The fourth-order valence-electron chi connectivity index (χ4n) is 0.181. The molecule has 0 saturated heterocycles. The van der Waals surface area contributed by atoms with Crippen LogP contribution in [0.5, 0.6) is 0 Å². The Morgan fingerprint density at radius 1 is 1.67 bits per heavy atom. The standard InChI is InChI=1S/C4H9NO/c5-3-1-2-4-6/h6H,1-2,4-5H2. The molecule has 0 unspecified atom stereocenters. The Hall–Kier alpha value is -0.0800. The third-order valence-electron chi connectivity index (χ3n) is 0.479. The van der Waals surface area contributed by atoms with Crippen LogP contribution in [0.3, 0.4) is 0 Å². The molecule has 0 spiro atoms. The first-order valence-electron chi connectivity index (χ1n) is 1.96. The van der Waals surface area contributed by atoms with Crippen LogP contribution in [-0.4, -0.2) is 11.7 Å². The first-order valence-corrected chi connectivity index (χ1v) is 1.96. The van der Waals surface area contributed by atoms with Crippen molar-refractivity contribution < 1.29 is 5.11 Å². The second-order valence-electron chi connectivity index (χ2n) is 1.03. The summed E-state index contributed by atoms with van der Waals surface area (Å²) in [5.41, 5.74) is 4.85. The highest BCUT2D eigenvalue weighted by molar-refractivity contribution is 4.50. The van der Waals surface area contributed by atoms with E-state index in [2.05, 4.69) is 6.54 Å². The summed E-state index contributed by atoms with van der Waals surface area (Å²) in [6, 6.07) is 0. The molecule has 0 bridgehead atoms. The Kier molecular flexibility index (Phi) is 4.85. The van der Waals surface area contributed by atoms with Crippen molar-refractivity contribution in [3.63, 3.8) is 0 Å². The monoisotopic (exact) mass is 87.1 g/mol. The quantitative estimate of drug-likeness (QED) is 0.368. The predicted octanol–water partition coefficient (Wildman–Crippen LogP) is -0.244. The molecule has 0 fully saturated rings. The molecule has 0 atom stereocenters. The Bertz CT molecular complexity index is 19.5. The smallest absolute Gasteiger partial charge is 0.0557 e. The van der Waals surface area contributed by atoms with E-state index >= 15 is 0 Å². The van der Waals surface area contributed by atoms with Crippen molar-refractivity contribution in [1.82, 2.24) is 0 Å². The van der Waals surface area contributed by atoms with Gasteiger partial charge in [-0.1, -0.05) is 0 Å². The van der Waals surface area contributed by atoms with E-state index in [1.807, 2.05) is 0 Å². The Morgan fingerprint density at radius 2 is 2.33 bits per heavy atom. The van der Waals surface area contributed by atoms with Crippen molar-refractivity contribution in [3.8, 4) is 0 Å². The zero-order valence-electron chi connectivity index (χ0n) is 3.65. The van der Waals surface area contributed by atoms with Crippen molar-refractivity contribution in [1.29, 1.82) is 0 Å². The van der Waals surface area contributed by atoms with Gasteiger partial charge in [-0.3, -0.25) is 0 Å². The lowest BCUT2D eigenvalue weighted by atomic mass is 10.3. The number of aliphatic hydroxyl groups excluding tert-OH is 1. The van der Waals surface area contributed by atoms with Crippen molar-refractivity contribution in [2.75, 3.05) is 6.61 Å². The largest absolute Gasteiger partial charge is 0.396 e. The molecular formula is C4H9NO. The van der Waals surface area contributed by atoms with E-state index in [9.17, 15) is 0 Å². The van der Waals surface area contributed by atoms with Crippen LogP contribution in [0.25, 0.3) is 0 Å². The lowest BCUT2D eigenvalue weighted by molar-refractivity contribution is 0.288.